The molecule has 72 heavy (non-hydrogen) atoms. The third-order valence-corrected chi connectivity index (χ3v) is 16.5. The van der Waals surface area contributed by atoms with E-state index in [0.717, 1.165) is 105 Å². The first-order chi connectivity index (χ1) is 34.5. The third kappa shape index (κ3) is 8.52. The van der Waals surface area contributed by atoms with E-state index in [1.807, 2.05) is 43.1 Å². The lowest BCUT2D eigenvalue weighted by molar-refractivity contribution is -0.136. The van der Waals surface area contributed by atoms with E-state index in [2.05, 4.69) is 67.7 Å². The maximum atomic E-state index is 14.3. The first kappa shape index (κ1) is 47.8. The number of imide groups is 2. The van der Waals surface area contributed by atoms with Crippen LogP contribution in [-0.2, 0) is 29.0 Å². The minimum atomic E-state index is -1.13. The lowest BCUT2D eigenvalue weighted by Crippen LogP contribution is -2.65. The van der Waals surface area contributed by atoms with Gasteiger partial charge in [0, 0.05) is 82.2 Å². The molecule has 4 fully saturated rings. The Morgan fingerprint density at radius 2 is 1.53 bits per heavy atom. The molecule has 4 atom stereocenters. The van der Waals surface area contributed by atoms with Crippen molar-refractivity contribution in [3.05, 3.63) is 82.9 Å². The van der Waals surface area contributed by atoms with Crippen LogP contribution in [-0.4, -0.2) is 153 Å². The molecule has 9 heterocycles. The second kappa shape index (κ2) is 18.2. The molecule has 3 N–H and O–H groups in total. The Morgan fingerprint density at radius 3 is 2.25 bits per heavy atom. The molecule has 5 amide bonds. The number of anilines is 5. The van der Waals surface area contributed by atoms with Gasteiger partial charge in [0.15, 0.2) is 0 Å². The molecule has 1 aliphatic carbocycles. The zero-order valence-electron chi connectivity index (χ0n) is 42.3. The van der Waals surface area contributed by atoms with Crippen LogP contribution in [0.1, 0.15) is 116 Å². The van der Waals surface area contributed by atoms with Gasteiger partial charge in [0.1, 0.15) is 23.2 Å². The molecule has 6 aliphatic heterocycles. The van der Waals surface area contributed by atoms with Gasteiger partial charge >= 0.3 is 0 Å². The number of amides is 5. The van der Waals surface area contributed by atoms with Crippen LogP contribution in [0.4, 0.5) is 28.6 Å². The minimum absolute atomic E-state index is 0.0478. The number of hydrogen-bond acceptors (Lipinski definition) is 14. The lowest BCUT2D eigenvalue weighted by Gasteiger charge is -2.52. The number of carbonyl (C=O) groups is 5. The molecule has 18 nitrogen and oxygen atoms in total. The maximum absolute atomic E-state index is 14.3. The van der Waals surface area contributed by atoms with Gasteiger partial charge in [0.05, 0.1) is 59.7 Å². The van der Waals surface area contributed by atoms with Gasteiger partial charge < -0.3 is 39.3 Å². The Morgan fingerprint density at radius 1 is 0.778 bits per heavy atom. The summed E-state index contributed by atoms with van der Waals surface area (Å²) in [6.45, 7) is 16.9. The van der Waals surface area contributed by atoms with Crippen molar-refractivity contribution in [1.82, 2.24) is 34.6 Å². The van der Waals surface area contributed by atoms with E-state index >= 15 is 0 Å². The van der Waals surface area contributed by atoms with Gasteiger partial charge in [0.2, 0.25) is 17.7 Å². The SMILES string of the molecule is COc1ncc(N2CCC[C@@H](N3CCn4c(cc5c4CC(C)(C)C5)C3=O)[C@@H]2C(C)(C)O)cc1Nc1ccc(N2CCN(C3CCN(c4ccc5c(c4)C(=O)N(C4CCC(=O)NC4=O)C5=O)CC3)C[C@@H]2C)cn1. The van der Waals surface area contributed by atoms with Crippen LogP contribution >= 0.6 is 0 Å². The van der Waals surface area contributed by atoms with Crippen molar-refractivity contribution in [3.63, 3.8) is 0 Å². The number of ether oxygens (including phenoxy) is 1. The van der Waals surface area contributed by atoms with Crippen molar-refractivity contribution >= 4 is 58.1 Å². The molecule has 4 saturated heterocycles. The number of aliphatic hydroxyl groups is 1. The number of rotatable bonds is 10. The first-order valence-corrected chi connectivity index (χ1v) is 25.9. The summed E-state index contributed by atoms with van der Waals surface area (Å²) in [6.07, 6.45) is 9.48. The summed E-state index contributed by atoms with van der Waals surface area (Å²) in [5.41, 5.74) is 6.46. The topological polar surface area (TPSA) is 189 Å². The fourth-order valence-electron chi connectivity index (χ4n) is 13.2. The van der Waals surface area contributed by atoms with E-state index in [1.54, 1.807) is 25.4 Å². The third-order valence-electron chi connectivity index (χ3n) is 16.5. The number of hydrogen-bond donors (Lipinski definition) is 3. The second-order valence-electron chi connectivity index (χ2n) is 22.4. The predicted molar refractivity (Wildman–Crippen MR) is 272 cm³/mol. The molecule has 4 aromatic rings. The maximum Gasteiger partial charge on any atom is 0.270 e. The van der Waals surface area contributed by atoms with E-state index in [4.69, 9.17) is 14.7 Å². The zero-order valence-corrected chi connectivity index (χ0v) is 42.3. The highest BCUT2D eigenvalue weighted by Gasteiger charge is 2.48. The highest BCUT2D eigenvalue weighted by Crippen LogP contribution is 2.42. The van der Waals surface area contributed by atoms with Crippen LogP contribution < -0.4 is 30.1 Å². The Hall–Kier alpha value is -6.53. The number of piperazine rings is 1. The Balaban J connectivity index is 0.712. The minimum Gasteiger partial charge on any atom is -0.480 e. The van der Waals surface area contributed by atoms with E-state index in [-0.39, 0.29) is 42.3 Å². The molecule has 3 aromatic heterocycles. The molecule has 380 valence electrons. The fourth-order valence-corrected chi connectivity index (χ4v) is 13.2. The van der Waals surface area contributed by atoms with Gasteiger partial charge in [-0.15, -0.1) is 0 Å². The van der Waals surface area contributed by atoms with Crippen molar-refractivity contribution in [1.29, 1.82) is 0 Å². The van der Waals surface area contributed by atoms with Crippen LogP contribution in [0.3, 0.4) is 0 Å². The molecule has 0 bridgehead atoms. The summed E-state index contributed by atoms with van der Waals surface area (Å²) in [5, 5.41) is 17.6. The van der Waals surface area contributed by atoms with E-state index in [9.17, 15) is 29.1 Å². The normalized spacial score (nSPS) is 24.9. The number of fused-ring (bicyclic) bond motifs is 4. The number of methoxy groups -OCH3 is 1. The summed E-state index contributed by atoms with van der Waals surface area (Å²) < 4.78 is 8.00. The van der Waals surface area contributed by atoms with Gasteiger partial charge in [-0.1, -0.05) is 13.8 Å². The van der Waals surface area contributed by atoms with Crippen LogP contribution in [0.5, 0.6) is 5.88 Å². The van der Waals surface area contributed by atoms with Crippen LogP contribution in [0.25, 0.3) is 0 Å². The molecule has 0 spiro atoms. The number of benzene rings is 1. The standard InChI is InChI=1S/C54H67N11O7/c1-32-31-60(34-15-18-59(19-16-34)35-9-11-38-39(25-35)51(69)65(50(38)68)42-12-14-46(66)58-48(42)67)20-21-61(32)36-10-13-45(55-29-36)57-40-26-37(30-56-49(40)72-6)62-17-7-8-41(47(62)54(4,5)71)64-23-22-63-43(52(64)70)24-33-27-53(2,3)28-44(33)63/h9-11,13,24-26,29-30,32,34,41-42,47,71H,7-8,12,14-23,27-28,31H2,1-6H3,(H,55,57)(H,58,66,67)/t32-,41+,42?,47+/m0/s1. The van der Waals surface area contributed by atoms with Crippen molar-refractivity contribution < 1.29 is 33.8 Å². The molecule has 1 unspecified atom stereocenters. The monoisotopic (exact) mass is 982 g/mol. The molecule has 0 saturated carbocycles. The number of nitrogens with zero attached hydrogens (tertiary/aromatic N) is 9. The van der Waals surface area contributed by atoms with Crippen LogP contribution in [0, 0.1) is 5.41 Å². The van der Waals surface area contributed by atoms with Crippen molar-refractivity contribution in [2.45, 2.75) is 128 Å². The second-order valence-corrected chi connectivity index (χ2v) is 22.4. The van der Waals surface area contributed by atoms with Gasteiger partial charge in [-0.05, 0) is 119 Å². The smallest absolute Gasteiger partial charge is 0.270 e. The van der Waals surface area contributed by atoms with Crippen molar-refractivity contribution in [3.8, 4) is 5.88 Å². The summed E-state index contributed by atoms with van der Waals surface area (Å²) >= 11 is 0. The largest absolute Gasteiger partial charge is 0.480 e. The predicted octanol–water partition coefficient (Wildman–Crippen LogP) is 5.00. The number of piperidine rings is 3. The lowest BCUT2D eigenvalue weighted by atomic mass is 9.83. The summed E-state index contributed by atoms with van der Waals surface area (Å²) in [4.78, 5) is 87.4. The molecular formula is C54H67N11O7. The fraction of sp³-hybridized carbons (Fsp3) is 0.537. The van der Waals surface area contributed by atoms with Crippen LogP contribution in [0.15, 0.2) is 54.9 Å². The number of aromatic nitrogens is 3. The molecule has 18 heteroatoms. The zero-order chi connectivity index (χ0) is 50.4. The highest BCUT2D eigenvalue weighted by molar-refractivity contribution is 6.23. The van der Waals surface area contributed by atoms with Crippen LogP contribution in [0.2, 0.25) is 0 Å². The molecule has 1 aromatic carbocycles. The van der Waals surface area contributed by atoms with Gasteiger partial charge in [-0.25, -0.2) is 9.97 Å². The Labute approximate surface area is 420 Å². The summed E-state index contributed by atoms with van der Waals surface area (Å²) in [5.74, 6) is -0.867. The van der Waals surface area contributed by atoms with Gasteiger partial charge in [0.25, 0.3) is 17.7 Å². The quantitative estimate of drug-likeness (QED) is 0.180. The van der Waals surface area contributed by atoms with E-state index in [1.165, 1.54) is 11.3 Å². The Kier molecular flexibility index (Phi) is 12.1. The van der Waals surface area contributed by atoms with E-state index in [0.29, 0.717) is 47.6 Å². The first-order valence-electron chi connectivity index (χ1n) is 25.9. The average Bonchev–Trinajstić information content (AvgIpc) is 3.94. The van der Waals surface area contributed by atoms with Gasteiger partial charge in [-0.2, -0.15) is 0 Å². The van der Waals surface area contributed by atoms with Crippen molar-refractivity contribution in [2.75, 3.05) is 72.9 Å². The van der Waals surface area contributed by atoms with Gasteiger partial charge in [-0.3, -0.25) is 39.1 Å². The molecular weight excluding hydrogens is 915 g/mol. The number of carbonyl (C=O) groups excluding carboxylic acids is 5. The summed E-state index contributed by atoms with van der Waals surface area (Å²) in [7, 11) is 1.60. The number of nitrogens with one attached hydrogen (secondary N) is 2. The average molecular weight is 982 g/mol. The molecule has 11 rings (SSSR count). The highest BCUT2D eigenvalue weighted by atomic mass is 16.5. The number of pyridine rings is 2. The molecule has 0 radical (unpaired) electrons. The Bertz CT molecular complexity index is 2830. The summed E-state index contributed by atoms with van der Waals surface area (Å²) in [6, 6.07) is 12.7. The van der Waals surface area contributed by atoms with E-state index < -0.39 is 35.3 Å². The van der Waals surface area contributed by atoms with Crippen molar-refractivity contribution in [2.24, 2.45) is 5.41 Å². The molecule has 7 aliphatic rings.